The maximum atomic E-state index is 12.5. The lowest BCUT2D eigenvalue weighted by Crippen LogP contribution is -2.42. The molecular weight excluding hydrogens is 288 g/mol. The van der Waals surface area contributed by atoms with Crippen molar-refractivity contribution in [3.05, 3.63) is 18.2 Å². The van der Waals surface area contributed by atoms with Crippen LogP contribution >= 0.6 is 0 Å². The van der Waals surface area contributed by atoms with Gasteiger partial charge in [-0.3, -0.25) is 14.5 Å². The number of fused-ring (bicyclic) bond motifs is 3. The number of hydrogen-bond acceptors (Lipinski definition) is 4. The quantitative estimate of drug-likeness (QED) is 0.828. The normalized spacial score (nSPS) is 19.3. The second-order valence-electron chi connectivity index (χ2n) is 5.33. The minimum absolute atomic E-state index is 0.118. The molecule has 1 aromatic carbocycles. The van der Waals surface area contributed by atoms with Crippen LogP contribution in [0.5, 0.6) is 5.75 Å². The number of carbonyl (C=O) groups is 3. The summed E-state index contributed by atoms with van der Waals surface area (Å²) in [6.45, 7) is 2.03. The van der Waals surface area contributed by atoms with E-state index in [2.05, 4.69) is 5.32 Å². The lowest BCUT2D eigenvalue weighted by atomic mass is 10.1. The van der Waals surface area contributed by atoms with Crippen molar-refractivity contribution in [3.63, 3.8) is 0 Å². The first-order chi connectivity index (χ1) is 10.5. The van der Waals surface area contributed by atoms with E-state index in [4.69, 9.17) is 10.5 Å². The Morgan fingerprint density at radius 1 is 1.45 bits per heavy atom. The van der Waals surface area contributed by atoms with Gasteiger partial charge in [-0.1, -0.05) is 0 Å². The van der Waals surface area contributed by atoms with Crippen LogP contribution in [-0.4, -0.2) is 48.5 Å². The molecule has 1 saturated heterocycles. The summed E-state index contributed by atoms with van der Waals surface area (Å²) >= 11 is 0. The Hall–Kier alpha value is -2.77. The highest BCUT2D eigenvalue weighted by Crippen LogP contribution is 2.39. The molecule has 3 N–H and O–H groups in total. The van der Waals surface area contributed by atoms with Crippen molar-refractivity contribution in [2.24, 2.45) is 5.73 Å². The summed E-state index contributed by atoms with van der Waals surface area (Å²) in [6.07, 6.45) is 0. The number of anilines is 2. The van der Waals surface area contributed by atoms with Gasteiger partial charge < -0.3 is 20.7 Å². The molecule has 1 unspecified atom stereocenters. The van der Waals surface area contributed by atoms with E-state index in [1.807, 2.05) is 0 Å². The molecule has 0 aromatic heterocycles. The van der Waals surface area contributed by atoms with Gasteiger partial charge in [0.25, 0.3) is 0 Å². The molecule has 0 spiro atoms. The third kappa shape index (κ3) is 2.43. The summed E-state index contributed by atoms with van der Waals surface area (Å²) in [6, 6.07) is 4.65. The van der Waals surface area contributed by atoms with Crippen molar-refractivity contribution >= 4 is 29.2 Å². The molecule has 8 nitrogen and oxygen atoms in total. The highest BCUT2D eigenvalue weighted by Gasteiger charge is 2.42. The van der Waals surface area contributed by atoms with Gasteiger partial charge in [0, 0.05) is 19.2 Å². The SMILES string of the molecule is CC(=O)Nc1ccc2c(c1)N1C(=O)N(CC(N)=O)CC1CO2. The summed E-state index contributed by atoms with van der Waals surface area (Å²) in [7, 11) is 0. The molecule has 0 aliphatic carbocycles. The molecule has 1 aromatic rings. The van der Waals surface area contributed by atoms with Crippen LogP contribution in [0.1, 0.15) is 6.92 Å². The average Bonchev–Trinajstić information content (AvgIpc) is 2.74. The summed E-state index contributed by atoms with van der Waals surface area (Å²) in [5.41, 5.74) is 6.33. The molecule has 0 saturated carbocycles. The second-order valence-corrected chi connectivity index (χ2v) is 5.33. The zero-order chi connectivity index (χ0) is 15.9. The molecule has 1 atom stereocenters. The third-order valence-corrected chi connectivity index (χ3v) is 3.59. The van der Waals surface area contributed by atoms with Gasteiger partial charge in [-0.15, -0.1) is 0 Å². The molecule has 116 valence electrons. The van der Waals surface area contributed by atoms with E-state index in [0.717, 1.165) is 0 Å². The summed E-state index contributed by atoms with van der Waals surface area (Å²) < 4.78 is 5.65. The fraction of sp³-hybridized carbons (Fsp3) is 0.357. The molecule has 0 radical (unpaired) electrons. The number of hydrogen-bond donors (Lipinski definition) is 2. The number of amides is 4. The van der Waals surface area contributed by atoms with Crippen molar-refractivity contribution < 1.29 is 19.1 Å². The number of carbonyl (C=O) groups excluding carboxylic acids is 3. The highest BCUT2D eigenvalue weighted by atomic mass is 16.5. The summed E-state index contributed by atoms with van der Waals surface area (Å²) in [4.78, 5) is 37.7. The summed E-state index contributed by atoms with van der Waals surface area (Å²) in [5, 5.41) is 2.67. The molecule has 22 heavy (non-hydrogen) atoms. The molecular formula is C14H16N4O4. The Kier molecular flexibility index (Phi) is 3.36. The van der Waals surface area contributed by atoms with Crippen LogP contribution in [0.15, 0.2) is 18.2 Å². The number of benzene rings is 1. The number of nitrogens with two attached hydrogens (primary N) is 1. The zero-order valence-electron chi connectivity index (χ0n) is 12.0. The highest BCUT2D eigenvalue weighted by molar-refractivity contribution is 6.00. The van der Waals surface area contributed by atoms with E-state index in [9.17, 15) is 14.4 Å². The maximum Gasteiger partial charge on any atom is 0.325 e. The number of primary amides is 1. The average molecular weight is 304 g/mol. The molecule has 2 heterocycles. The van der Waals surface area contributed by atoms with E-state index in [1.54, 1.807) is 23.1 Å². The van der Waals surface area contributed by atoms with Gasteiger partial charge in [0.15, 0.2) is 0 Å². The van der Waals surface area contributed by atoms with Crippen molar-refractivity contribution in [1.29, 1.82) is 0 Å². The van der Waals surface area contributed by atoms with Crippen LogP contribution in [0.4, 0.5) is 16.2 Å². The predicted octanol–water partition coefficient (Wildman–Crippen LogP) is 0.133. The first-order valence-corrected chi connectivity index (χ1v) is 6.86. The maximum absolute atomic E-state index is 12.5. The summed E-state index contributed by atoms with van der Waals surface area (Å²) in [5.74, 6) is -0.183. The first kappa shape index (κ1) is 14.2. The predicted molar refractivity (Wildman–Crippen MR) is 78.7 cm³/mol. The number of rotatable bonds is 3. The van der Waals surface area contributed by atoms with Crippen molar-refractivity contribution in [3.8, 4) is 5.75 Å². The molecule has 4 amide bonds. The van der Waals surface area contributed by atoms with Crippen LogP contribution < -0.4 is 20.7 Å². The topological polar surface area (TPSA) is 105 Å². The largest absolute Gasteiger partial charge is 0.489 e. The van der Waals surface area contributed by atoms with E-state index in [0.29, 0.717) is 30.3 Å². The Morgan fingerprint density at radius 2 is 2.23 bits per heavy atom. The fourth-order valence-corrected chi connectivity index (χ4v) is 2.76. The van der Waals surface area contributed by atoms with Gasteiger partial charge in [0.05, 0.1) is 11.7 Å². The zero-order valence-corrected chi connectivity index (χ0v) is 12.0. The number of nitrogens with zero attached hydrogens (tertiary/aromatic N) is 2. The molecule has 3 rings (SSSR count). The van der Waals surface area contributed by atoms with Crippen LogP contribution in [0, 0.1) is 0 Å². The van der Waals surface area contributed by atoms with Gasteiger partial charge in [-0.05, 0) is 18.2 Å². The first-order valence-electron chi connectivity index (χ1n) is 6.86. The fourth-order valence-electron chi connectivity index (χ4n) is 2.76. The molecule has 2 aliphatic heterocycles. The standard InChI is InChI=1S/C14H16N4O4/c1-8(19)16-9-2-3-12-11(4-9)18-10(7-22-12)5-17(14(18)21)6-13(15)20/h2-4,10H,5-7H2,1H3,(H2,15,20)(H,16,19). The smallest absolute Gasteiger partial charge is 0.325 e. The molecule has 0 bridgehead atoms. The third-order valence-electron chi connectivity index (χ3n) is 3.59. The van der Waals surface area contributed by atoms with Crippen LogP contribution in [0.2, 0.25) is 0 Å². The minimum Gasteiger partial charge on any atom is -0.489 e. The molecule has 1 fully saturated rings. The van der Waals surface area contributed by atoms with E-state index in [-0.39, 0.29) is 24.5 Å². The van der Waals surface area contributed by atoms with Crippen molar-refractivity contribution in [1.82, 2.24) is 4.90 Å². The minimum atomic E-state index is -0.554. The molecule has 2 aliphatic rings. The van der Waals surface area contributed by atoms with Crippen LogP contribution in [0.3, 0.4) is 0 Å². The lowest BCUT2D eigenvalue weighted by molar-refractivity contribution is -0.118. The number of ether oxygens (including phenoxy) is 1. The number of nitrogens with one attached hydrogen (secondary N) is 1. The van der Waals surface area contributed by atoms with E-state index >= 15 is 0 Å². The van der Waals surface area contributed by atoms with Gasteiger partial charge in [-0.25, -0.2) is 4.79 Å². The van der Waals surface area contributed by atoms with E-state index < -0.39 is 5.91 Å². The van der Waals surface area contributed by atoms with E-state index in [1.165, 1.54) is 11.8 Å². The van der Waals surface area contributed by atoms with Crippen molar-refractivity contribution in [2.45, 2.75) is 13.0 Å². The second kappa shape index (κ2) is 5.21. The monoisotopic (exact) mass is 304 g/mol. The van der Waals surface area contributed by atoms with Crippen molar-refractivity contribution in [2.75, 3.05) is 29.9 Å². The Labute approximate surface area is 126 Å². The number of urea groups is 1. The van der Waals surface area contributed by atoms with Crippen LogP contribution in [0.25, 0.3) is 0 Å². The lowest BCUT2D eigenvalue weighted by Gasteiger charge is -2.30. The van der Waals surface area contributed by atoms with Gasteiger partial charge in [-0.2, -0.15) is 0 Å². The Morgan fingerprint density at radius 3 is 2.91 bits per heavy atom. The van der Waals surface area contributed by atoms with Crippen LogP contribution in [-0.2, 0) is 9.59 Å². The molecule has 8 heteroatoms. The van der Waals surface area contributed by atoms with Gasteiger partial charge in [0.1, 0.15) is 18.9 Å². The van der Waals surface area contributed by atoms with Gasteiger partial charge in [0.2, 0.25) is 11.8 Å². The van der Waals surface area contributed by atoms with Gasteiger partial charge >= 0.3 is 6.03 Å². The Balaban J connectivity index is 1.92. The Bertz CT molecular complexity index is 660.